The highest BCUT2D eigenvalue weighted by Gasteiger charge is 2.17. The van der Waals surface area contributed by atoms with Gasteiger partial charge in [0.05, 0.1) is 5.02 Å². The van der Waals surface area contributed by atoms with E-state index in [0.29, 0.717) is 12.0 Å². The van der Waals surface area contributed by atoms with Crippen molar-refractivity contribution in [2.24, 2.45) is 5.92 Å². The maximum atomic E-state index is 13.4. The van der Waals surface area contributed by atoms with Gasteiger partial charge in [0.1, 0.15) is 5.82 Å². The van der Waals surface area contributed by atoms with Crippen molar-refractivity contribution in [3.8, 4) is 0 Å². The van der Waals surface area contributed by atoms with Crippen LogP contribution < -0.4 is 5.32 Å². The van der Waals surface area contributed by atoms with Crippen LogP contribution in [0.1, 0.15) is 39.2 Å². The van der Waals surface area contributed by atoms with E-state index in [1.807, 2.05) is 6.07 Å². The molecule has 0 fully saturated rings. The third-order valence-corrected chi connectivity index (χ3v) is 3.88. The second kappa shape index (κ2) is 7.75. The minimum absolute atomic E-state index is 0.277. The first kappa shape index (κ1) is 15.5. The summed E-state index contributed by atoms with van der Waals surface area (Å²) in [6, 6.07) is 5.48. The first-order valence-corrected chi connectivity index (χ1v) is 7.14. The van der Waals surface area contributed by atoms with Crippen molar-refractivity contribution < 1.29 is 4.39 Å². The zero-order valence-electron chi connectivity index (χ0n) is 11.5. The molecule has 0 heterocycles. The molecule has 0 saturated carbocycles. The number of hydrogen-bond acceptors (Lipinski definition) is 1. The molecule has 1 rings (SSSR count). The molecule has 0 saturated heterocycles. The van der Waals surface area contributed by atoms with Gasteiger partial charge in [-0.05, 0) is 43.9 Å². The normalized spacial score (nSPS) is 14.5. The average molecular weight is 272 g/mol. The van der Waals surface area contributed by atoms with E-state index < -0.39 is 0 Å². The number of halogens is 2. The number of benzene rings is 1. The lowest BCUT2D eigenvalue weighted by molar-refractivity contribution is 0.362. The molecule has 2 unspecified atom stereocenters. The van der Waals surface area contributed by atoms with Crippen LogP contribution in [0, 0.1) is 11.7 Å². The smallest absolute Gasteiger partial charge is 0.142 e. The van der Waals surface area contributed by atoms with Crippen LogP contribution in [0.25, 0.3) is 0 Å². The Balaban J connectivity index is 2.70. The molecule has 0 radical (unpaired) electrons. The molecule has 1 aromatic carbocycles. The van der Waals surface area contributed by atoms with Crippen LogP contribution in [-0.2, 0) is 6.42 Å². The van der Waals surface area contributed by atoms with Crippen LogP contribution >= 0.6 is 11.6 Å². The molecule has 0 spiro atoms. The van der Waals surface area contributed by atoms with E-state index in [0.717, 1.165) is 31.4 Å². The average Bonchev–Trinajstić information content (AvgIpc) is 2.37. The lowest BCUT2D eigenvalue weighted by Crippen LogP contribution is -2.34. The molecule has 0 aromatic heterocycles. The monoisotopic (exact) mass is 271 g/mol. The SMILES string of the molecule is CCCNC(C)C(CC)Cc1cccc(F)c1Cl. The molecule has 0 bridgehead atoms. The van der Waals surface area contributed by atoms with Gasteiger partial charge in [0, 0.05) is 6.04 Å². The topological polar surface area (TPSA) is 12.0 Å². The fourth-order valence-electron chi connectivity index (χ4n) is 2.20. The first-order valence-electron chi connectivity index (χ1n) is 6.76. The molecule has 0 aliphatic heterocycles. The van der Waals surface area contributed by atoms with Crippen molar-refractivity contribution >= 4 is 11.6 Å². The van der Waals surface area contributed by atoms with Crippen molar-refractivity contribution in [2.45, 2.75) is 46.1 Å². The third-order valence-electron chi connectivity index (χ3n) is 3.46. The minimum Gasteiger partial charge on any atom is -0.314 e. The first-order chi connectivity index (χ1) is 8.60. The van der Waals surface area contributed by atoms with E-state index in [1.54, 1.807) is 6.07 Å². The van der Waals surface area contributed by atoms with Gasteiger partial charge in [0.15, 0.2) is 0 Å². The lowest BCUT2D eigenvalue weighted by Gasteiger charge is -2.24. The molecule has 1 N–H and O–H groups in total. The molecule has 0 aliphatic rings. The highest BCUT2D eigenvalue weighted by Crippen LogP contribution is 2.24. The van der Waals surface area contributed by atoms with Crippen LogP contribution in [0.15, 0.2) is 18.2 Å². The summed E-state index contributed by atoms with van der Waals surface area (Å²) in [5, 5.41) is 3.78. The molecule has 102 valence electrons. The van der Waals surface area contributed by atoms with Gasteiger partial charge in [0.25, 0.3) is 0 Å². The zero-order valence-corrected chi connectivity index (χ0v) is 12.2. The Morgan fingerprint density at radius 2 is 2.06 bits per heavy atom. The van der Waals surface area contributed by atoms with E-state index >= 15 is 0 Å². The summed E-state index contributed by atoms with van der Waals surface area (Å²) in [6.45, 7) is 7.54. The van der Waals surface area contributed by atoms with Gasteiger partial charge in [-0.2, -0.15) is 0 Å². The highest BCUT2D eigenvalue weighted by atomic mass is 35.5. The third kappa shape index (κ3) is 4.25. The maximum absolute atomic E-state index is 13.4. The molecule has 0 amide bonds. The van der Waals surface area contributed by atoms with Crippen LogP contribution in [0.2, 0.25) is 5.02 Å². The molecule has 3 heteroatoms. The summed E-state index contributed by atoms with van der Waals surface area (Å²) in [7, 11) is 0. The van der Waals surface area contributed by atoms with Gasteiger partial charge in [0.2, 0.25) is 0 Å². The molecule has 18 heavy (non-hydrogen) atoms. The fraction of sp³-hybridized carbons (Fsp3) is 0.600. The summed E-state index contributed by atoms with van der Waals surface area (Å²) in [6.07, 6.45) is 3.01. The van der Waals surface area contributed by atoms with Crippen molar-refractivity contribution in [3.05, 3.63) is 34.6 Å². The Morgan fingerprint density at radius 3 is 2.67 bits per heavy atom. The second-order valence-electron chi connectivity index (χ2n) is 4.83. The Hall–Kier alpha value is -0.600. The van der Waals surface area contributed by atoms with Gasteiger partial charge >= 0.3 is 0 Å². The van der Waals surface area contributed by atoms with Crippen LogP contribution in [0.5, 0.6) is 0 Å². The van der Waals surface area contributed by atoms with Gasteiger partial charge in [-0.15, -0.1) is 0 Å². The Bertz CT molecular complexity index is 368. The van der Waals surface area contributed by atoms with Crippen molar-refractivity contribution in [2.75, 3.05) is 6.54 Å². The van der Waals surface area contributed by atoms with Gasteiger partial charge in [-0.3, -0.25) is 0 Å². The summed E-state index contributed by atoms with van der Waals surface area (Å²) in [5.74, 6) is 0.161. The van der Waals surface area contributed by atoms with Crippen molar-refractivity contribution in [1.82, 2.24) is 5.32 Å². The number of rotatable bonds is 7. The highest BCUT2D eigenvalue weighted by molar-refractivity contribution is 6.31. The summed E-state index contributed by atoms with van der Waals surface area (Å²) >= 11 is 6.01. The van der Waals surface area contributed by atoms with E-state index in [4.69, 9.17) is 11.6 Å². The van der Waals surface area contributed by atoms with E-state index in [9.17, 15) is 4.39 Å². The summed E-state index contributed by atoms with van der Waals surface area (Å²) in [4.78, 5) is 0. The van der Waals surface area contributed by atoms with Crippen LogP contribution in [0.4, 0.5) is 4.39 Å². The molecule has 1 aromatic rings. The number of nitrogens with one attached hydrogen (secondary N) is 1. The van der Waals surface area contributed by atoms with E-state index in [1.165, 1.54) is 6.07 Å². The van der Waals surface area contributed by atoms with Crippen LogP contribution in [-0.4, -0.2) is 12.6 Å². The summed E-state index contributed by atoms with van der Waals surface area (Å²) in [5.41, 5.74) is 0.911. The maximum Gasteiger partial charge on any atom is 0.142 e. The molecule has 0 aliphatic carbocycles. The lowest BCUT2D eigenvalue weighted by atomic mass is 9.90. The van der Waals surface area contributed by atoms with E-state index in [2.05, 4.69) is 26.1 Å². The predicted molar refractivity (Wildman–Crippen MR) is 76.7 cm³/mol. The van der Waals surface area contributed by atoms with Gasteiger partial charge < -0.3 is 5.32 Å². The molecular formula is C15H23ClFN. The van der Waals surface area contributed by atoms with Gasteiger partial charge in [-0.1, -0.05) is 44.0 Å². The Kier molecular flexibility index (Phi) is 6.66. The van der Waals surface area contributed by atoms with Crippen LogP contribution in [0.3, 0.4) is 0 Å². The fourth-order valence-corrected chi connectivity index (χ4v) is 2.41. The zero-order chi connectivity index (χ0) is 13.5. The largest absolute Gasteiger partial charge is 0.314 e. The minimum atomic E-state index is -0.321. The van der Waals surface area contributed by atoms with Crippen molar-refractivity contribution in [3.63, 3.8) is 0 Å². The quantitative estimate of drug-likeness (QED) is 0.773. The van der Waals surface area contributed by atoms with Crippen molar-refractivity contribution in [1.29, 1.82) is 0 Å². The summed E-state index contributed by atoms with van der Waals surface area (Å²) < 4.78 is 13.4. The number of hydrogen-bond donors (Lipinski definition) is 1. The Morgan fingerprint density at radius 1 is 1.33 bits per heavy atom. The molecule has 2 atom stereocenters. The predicted octanol–water partition coefficient (Wildman–Crippen LogP) is 4.44. The molecular weight excluding hydrogens is 249 g/mol. The molecule has 1 nitrogen and oxygen atoms in total. The van der Waals surface area contributed by atoms with Gasteiger partial charge in [-0.25, -0.2) is 4.39 Å². The second-order valence-corrected chi connectivity index (χ2v) is 5.21. The Labute approximate surface area is 115 Å². The van der Waals surface area contributed by atoms with E-state index in [-0.39, 0.29) is 10.8 Å². The standard InChI is InChI=1S/C15H23ClFN/c1-4-9-18-11(3)12(5-2)10-13-7-6-8-14(17)15(13)16/h6-8,11-12,18H,4-5,9-10H2,1-3H3.